The minimum atomic E-state index is -4.03. The molecular weight excluding hydrogens is 354 g/mol. The summed E-state index contributed by atoms with van der Waals surface area (Å²) in [6.07, 6.45) is 1.00. The van der Waals surface area contributed by atoms with Gasteiger partial charge in [-0.15, -0.1) is 0 Å². The van der Waals surface area contributed by atoms with Crippen molar-refractivity contribution in [1.82, 2.24) is 4.90 Å². The van der Waals surface area contributed by atoms with Crippen molar-refractivity contribution in [3.8, 4) is 0 Å². The molecule has 0 atom stereocenters. The number of aliphatic hydroxyl groups is 1. The van der Waals surface area contributed by atoms with E-state index in [1.165, 1.54) is 12.1 Å². The molecule has 0 aliphatic rings. The quantitative estimate of drug-likeness (QED) is 0.541. The summed E-state index contributed by atoms with van der Waals surface area (Å²) in [6, 6.07) is 6.00. The van der Waals surface area contributed by atoms with E-state index in [0.29, 0.717) is 18.7 Å². The molecule has 7 nitrogen and oxygen atoms in total. The van der Waals surface area contributed by atoms with E-state index in [-0.39, 0.29) is 23.7 Å². The molecule has 138 valence electrons. The smallest absolute Gasteiger partial charge is 0.265 e. The third-order valence-corrected chi connectivity index (χ3v) is 5.99. The average molecular weight is 380 g/mol. The molecule has 1 aromatic carbocycles. The zero-order chi connectivity index (χ0) is 18.2. The first-order chi connectivity index (χ1) is 11.2. The highest BCUT2D eigenvalue weighted by Gasteiger charge is 2.16. The van der Waals surface area contributed by atoms with Gasteiger partial charge in [0.2, 0.25) is 0 Å². The van der Waals surface area contributed by atoms with Gasteiger partial charge in [-0.2, -0.15) is 8.42 Å². The van der Waals surface area contributed by atoms with Crippen molar-refractivity contribution in [3.05, 3.63) is 29.8 Å². The van der Waals surface area contributed by atoms with Gasteiger partial charge >= 0.3 is 0 Å². The molecule has 0 aromatic heterocycles. The van der Waals surface area contributed by atoms with Gasteiger partial charge in [0.05, 0.1) is 23.0 Å². The Morgan fingerprint density at radius 2 is 1.58 bits per heavy atom. The normalized spacial score (nSPS) is 12.7. The lowest BCUT2D eigenvalue weighted by atomic mass is 10.2. The average Bonchev–Trinajstić information content (AvgIpc) is 2.51. The summed E-state index contributed by atoms with van der Waals surface area (Å²) in [5.41, 5.74) is 0.638. The van der Waals surface area contributed by atoms with Crippen LogP contribution in [0.4, 0.5) is 0 Å². The Bertz CT molecular complexity index is 692. The monoisotopic (exact) mass is 379 g/mol. The lowest BCUT2D eigenvalue weighted by molar-refractivity contribution is 0.203. The van der Waals surface area contributed by atoms with Gasteiger partial charge in [0.25, 0.3) is 10.1 Å². The molecule has 2 N–H and O–H groups in total. The van der Waals surface area contributed by atoms with Gasteiger partial charge < -0.3 is 10.0 Å². The van der Waals surface area contributed by atoms with E-state index in [1.807, 2.05) is 11.8 Å². The molecule has 0 aliphatic carbocycles. The molecule has 1 rings (SSSR count). The number of rotatable bonds is 11. The van der Waals surface area contributed by atoms with Crippen molar-refractivity contribution >= 4 is 20.0 Å². The number of nitrogens with zero attached hydrogens (tertiary/aromatic N) is 1. The fourth-order valence-electron chi connectivity index (χ4n) is 2.27. The van der Waals surface area contributed by atoms with Gasteiger partial charge in [-0.3, -0.25) is 4.55 Å². The fourth-order valence-corrected chi connectivity index (χ4v) is 4.05. The van der Waals surface area contributed by atoms with Crippen LogP contribution in [0.3, 0.4) is 0 Å². The van der Waals surface area contributed by atoms with Crippen LogP contribution in [-0.4, -0.2) is 69.1 Å². The Labute approximate surface area is 144 Å². The predicted octanol–water partition coefficient (Wildman–Crippen LogP) is 0.595. The third kappa shape index (κ3) is 7.71. The molecule has 0 unspecified atom stereocenters. The summed E-state index contributed by atoms with van der Waals surface area (Å²) in [4.78, 5) is 2.08. The van der Waals surface area contributed by atoms with Gasteiger partial charge in [0.15, 0.2) is 9.84 Å². The standard InChI is InChI=1S/C15H25NO6S2/c1-2-8-16(9-11-17)10-13-23(18,19)15-5-3-14(4-6-15)7-12-24(20,21)22/h3-6,17H,2,7-13H2,1H3,(H,20,21,22). The molecule has 0 fully saturated rings. The maximum Gasteiger partial charge on any atom is 0.265 e. The SMILES string of the molecule is CCCN(CCO)CCS(=O)(=O)c1ccc(CCS(=O)(=O)O)cc1. The second-order valence-corrected chi connectivity index (χ2v) is 9.25. The highest BCUT2D eigenvalue weighted by atomic mass is 32.2. The van der Waals surface area contributed by atoms with Crippen molar-refractivity contribution in [1.29, 1.82) is 0 Å². The van der Waals surface area contributed by atoms with Crippen LogP contribution in [0, 0.1) is 0 Å². The molecule has 9 heteroatoms. The van der Waals surface area contributed by atoms with E-state index in [2.05, 4.69) is 0 Å². The van der Waals surface area contributed by atoms with Gasteiger partial charge in [-0.25, -0.2) is 8.42 Å². The highest BCUT2D eigenvalue weighted by Crippen LogP contribution is 2.14. The third-order valence-electron chi connectivity index (χ3n) is 3.56. The Hall–Kier alpha value is -1.00. The summed E-state index contributed by atoms with van der Waals surface area (Å²) >= 11 is 0. The maximum absolute atomic E-state index is 12.3. The van der Waals surface area contributed by atoms with E-state index < -0.39 is 25.7 Å². The summed E-state index contributed by atoms with van der Waals surface area (Å²) in [5.74, 6) is -0.441. The summed E-state index contributed by atoms with van der Waals surface area (Å²) < 4.78 is 54.9. The molecule has 0 heterocycles. The van der Waals surface area contributed by atoms with Crippen LogP contribution in [0.5, 0.6) is 0 Å². The van der Waals surface area contributed by atoms with Crippen molar-refractivity contribution in [3.63, 3.8) is 0 Å². The highest BCUT2D eigenvalue weighted by molar-refractivity contribution is 7.91. The number of aryl methyl sites for hydroxylation is 1. The van der Waals surface area contributed by atoms with Crippen LogP contribution < -0.4 is 0 Å². The molecule has 0 radical (unpaired) electrons. The number of aliphatic hydroxyl groups excluding tert-OH is 1. The first-order valence-electron chi connectivity index (χ1n) is 7.78. The van der Waals surface area contributed by atoms with E-state index in [4.69, 9.17) is 9.66 Å². The molecule has 24 heavy (non-hydrogen) atoms. The molecular formula is C15H25NO6S2. The second kappa shape index (κ2) is 9.47. The van der Waals surface area contributed by atoms with Crippen molar-refractivity contribution in [2.75, 3.05) is 37.7 Å². The van der Waals surface area contributed by atoms with E-state index in [0.717, 1.165) is 13.0 Å². The van der Waals surface area contributed by atoms with E-state index in [9.17, 15) is 16.8 Å². The first-order valence-corrected chi connectivity index (χ1v) is 11.0. The number of benzene rings is 1. The van der Waals surface area contributed by atoms with Gasteiger partial charge in [-0.05, 0) is 37.1 Å². The number of sulfone groups is 1. The Balaban J connectivity index is 2.69. The summed E-state index contributed by atoms with van der Waals surface area (Å²) in [7, 11) is -7.48. The second-order valence-electron chi connectivity index (χ2n) is 5.56. The zero-order valence-electron chi connectivity index (χ0n) is 13.8. The Morgan fingerprint density at radius 1 is 0.958 bits per heavy atom. The molecule has 0 saturated heterocycles. The fraction of sp³-hybridized carbons (Fsp3) is 0.600. The predicted molar refractivity (Wildman–Crippen MR) is 92.4 cm³/mol. The topological polar surface area (TPSA) is 112 Å². The molecule has 0 saturated carbocycles. The zero-order valence-corrected chi connectivity index (χ0v) is 15.4. The molecule has 1 aromatic rings. The van der Waals surface area contributed by atoms with Crippen molar-refractivity contribution < 1.29 is 26.5 Å². The van der Waals surface area contributed by atoms with E-state index >= 15 is 0 Å². The largest absolute Gasteiger partial charge is 0.395 e. The number of hydrogen-bond acceptors (Lipinski definition) is 6. The lowest BCUT2D eigenvalue weighted by Crippen LogP contribution is -2.32. The van der Waals surface area contributed by atoms with E-state index in [1.54, 1.807) is 12.1 Å². The van der Waals surface area contributed by atoms with Gasteiger partial charge in [0, 0.05) is 13.1 Å². The van der Waals surface area contributed by atoms with Crippen LogP contribution in [0.15, 0.2) is 29.2 Å². The Kier molecular flexibility index (Phi) is 8.31. The van der Waals surface area contributed by atoms with Crippen LogP contribution >= 0.6 is 0 Å². The minimum absolute atomic E-state index is 0.0114. The molecule has 0 aliphatic heterocycles. The molecule has 0 amide bonds. The maximum atomic E-state index is 12.3. The Morgan fingerprint density at radius 3 is 2.08 bits per heavy atom. The molecule has 0 spiro atoms. The van der Waals surface area contributed by atoms with Gasteiger partial charge in [-0.1, -0.05) is 19.1 Å². The summed E-state index contributed by atoms with van der Waals surface area (Å²) in [5, 5.41) is 9.00. The minimum Gasteiger partial charge on any atom is -0.395 e. The van der Waals surface area contributed by atoms with Gasteiger partial charge in [0.1, 0.15) is 0 Å². The summed E-state index contributed by atoms with van der Waals surface area (Å²) in [6.45, 7) is 3.50. The van der Waals surface area contributed by atoms with Crippen LogP contribution in [0.2, 0.25) is 0 Å². The number of hydrogen-bond donors (Lipinski definition) is 2. The first kappa shape index (κ1) is 21.0. The lowest BCUT2D eigenvalue weighted by Gasteiger charge is -2.20. The molecule has 0 bridgehead atoms. The van der Waals surface area contributed by atoms with Crippen molar-refractivity contribution in [2.24, 2.45) is 0 Å². The van der Waals surface area contributed by atoms with Crippen LogP contribution in [-0.2, 0) is 26.4 Å². The van der Waals surface area contributed by atoms with Crippen molar-refractivity contribution in [2.45, 2.75) is 24.7 Å². The van der Waals surface area contributed by atoms with Crippen LogP contribution in [0.25, 0.3) is 0 Å². The van der Waals surface area contributed by atoms with Crippen LogP contribution in [0.1, 0.15) is 18.9 Å².